The first kappa shape index (κ1) is 12.0. The Balaban J connectivity index is 2.19. The molecule has 0 bridgehead atoms. The van der Waals surface area contributed by atoms with Gasteiger partial charge in [-0.1, -0.05) is 0 Å². The molecule has 1 aliphatic heterocycles. The number of benzene rings is 1. The Morgan fingerprint density at radius 2 is 1.88 bits per heavy atom. The van der Waals surface area contributed by atoms with Gasteiger partial charge in [0.2, 0.25) is 0 Å². The van der Waals surface area contributed by atoms with Crippen LogP contribution in [-0.4, -0.2) is 45.2 Å². The number of methoxy groups -OCH3 is 1. The average Bonchev–Trinajstić information content (AvgIpc) is 2.30. The summed E-state index contributed by atoms with van der Waals surface area (Å²) in [5, 5.41) is 0. The molecule has 88 valence electrons. The number of ether oxygens (including phenoxy) is 1. The summed E-state index contributed by atoms with van der Waals surface area (Å²) < 4.78 is 6.66. The van der Waals surface area contributed by atoms with Crippen molar-refractivity contribution in [3.8, 4) is 5.75 Å². The Morgan fingerprint density at radius 1 is 1.19 bits per heavy atom. The van der Waals surface area contributed by atoms with E-state index in [4.69, 9.17) is 4.74 Å². The normalized spacial score (nSPS) is 17.6. The van der Waals surface area contributed by atoms with Crippen molar-refractivity contribution in [2.24, 2.45) is 0 Å². The monoisotopic (exact) mass is 332 g/mol. The minimum atomic E-state index is 0.983. The van der Waals surface area contributed by atoms with Gasteiger partial charge in [0.15, 0.2) is 0 Å². The summed E-state index contributed by atoms with van der Waals surface area (Å²) in [6.07, 6.45) is 0. The van der Waals surface area contributed by atoms with E-state index in [0.29, 0.717) is 0 Å². The Bertz CT molecular complexity index is 362. The van der Waals surface area contributed by atoms with E-state index in [1.54, 1.807) is 7.11 Å². The van der Waals surface area contributed by atoms with Gasteiger partial charge in [-0.2, -0.15) is 0 Å². The zero-order chi connectivity index (χ0) is 11.5. The highest BCUT2D eigenvalue weighted by molar-refractivity contribution is 14.1. The number of hydrogen-bond donors (Lipinski definition) is 0. The number of halogens is 1. The predicted octanol–water partition coefficient (Wildman–Crippen LogP) is 2.05. The summed E-state index contributed by atoms with van der Waals surface area (Å²) in [6.45, 7) is 4.39. The van der Waals surface area contributed by atoms with Crippen LogP contribution in [0.2, 0.25) is 0 Å². The van der Waals surface area contributed by atoms with Crippen LogP contribution in [0.1, 0.15) is 0 Å². The summed E-state index contributed by atoms with van der Waals surface area (Å²) in [5.41, 5.74) is 1.22. The smallest absolute Gasteiger partial charge is 0.143 e. The minimum absolute atomic E-state index is 0.983. The molecule has 0 amide bonds. The number of piperazine rings is 1. The van der Waals surface area contributed by atoms with E-state index in [-0.39, 0.29) is 0 Å². The molecule has 0 radical (unpaired) electrons. The molecule has 0 N–H and O–H groups in total. The third-order valence-corrected chi connectivity index (χ3v) is 3.66. The van der Waals surface area contributed by atoms with Gasteiger partial charge in [-0.15, -0.1) is 0 Å². The highest BCUT2D eigenvalue weighted by atomic mass is 127. The van der Waals surface area contributed by atoms with Crippen molar-refractivity contribution in [2.75, 3.05) is 45.2 Å². The number of hydrogen-bond acceptors (Lipinski definition) is 3. The van der Waals surface area contributed by atoms with Crippen LogP contribution in [0, 0.1) is 3.57 Å². The van der Waals surface area contributed by atoms with Gasteiger partial charge >= 0.3 is 0 Å². The van der Waals surface area contributed by atoms with Crippen molar-refractivity contribution in [3.05, 3.63) is 21.8 Å². The van der Waals surface area contributed by atoms with Crippen LogP contribution in [0.3, 0.4) is 0 Å². The van der Waals surface area contributed by atoms with E-state index in [0.717, 1.165) is 31.9 Å². The second-order valence-electron chi connectivity index (χ2n) is 4.11. The van der Waals surface area contributed by atoms with Gasteiger partial charge < -0.3 is 14.5 Å². The van der Waals surface area contributed by atoms with Crippen molar-refractivity contribution in [2.45, 2.75) is 0 Å². The zero-order valence-corrected chi connectivity index (χ0v) is 11.9. The third kappa shape index (κ3) is 2.60. The molecular weight excluding hydrogens is 315 g/mol. The lowest BCUT2D eigenvalue weighted by Gasteiger charge is -2.34. The fourth-order valence-electron chi connectivity index (χ4n) is 1.96. The molecule has 1 saturated heterocycles. The number of anilines is 1. The fraction of sp³-hybridized carbons (Fsp3) is 0.500. The van der Waals surface area contributed by atoms with Gasteiger partial charge in [-0.3, -0.25) is 0 Å². The topological polar surface area (TPSA) is 15.7 Å². The highest BCUT2D eigenvalue weighted by Crippen LogP contribution is 2.30. The van der Waals surface area contributed by atoms with E-state index in [9.17, 15) is 0 Å². The van der Waals surface area contributed by atoms with E-state index in [2.05, 4.69) is 57.6 Å². The molecule has 16 heavy (non-hydrogen) atoms. The molecule has 3 nitrogen and oxygen atoms in total. The highest BCUT2D eigenvalue weighted by Gasteiger charge is 2.17. The van der Waals surface area contributed by atoms with Crippen LogP contribution in [0.15, 0.2) is 18.2 Å². The standard InChI is InChI=1S/C12H17IN2O/c1-14-5-7-15(8-6-14)11-4-3-10(13)9-12(11)16-2/h3-4,9H,5-8H2,1-2H3. The first-order valence-electron chi connectivity index (χ1n) is 5.48. The van der Waals surface area contributed by atoms with Crippen molar-refractivity contribution < 1.29 is 4.74 Å². The Kier molecular flexibility index (Phi) is 3.91. The molecule has 0 aliphatic carbocycles. The molecule has 0 unspecified atom stereocenters. The number of rotatable bonds is 2. The van der Waals surface area contributed by atoms with Gasteiger partial charge in [0.05, 0.1) is 12.8 Å². The first-order chi connectivity index (χ1) is 7.70. The third-order valence-electron chi connectivity index (χ3n) is 2.99. The summed E-state index contributed by atoms with van der Waals surface area (Å²) in [7, 11) is 3.91. The molecule has 1 fully saturated rings. The van der Waals surface area contributed by atoms with Gasteiger partial charge in [0.25, 0.3) is 0 Å². The molecule has 1 aromatic carbocycles. The maximum absolute atomic E-state index is 5.45. The van der Waals surface area contributed by atoms with Crippen LogP contribution < -0.4 is 9.64 Å². The van der Waals surface area contributed by atoms with Crippen molar-refractivity contribution in [3.63, 3.8) is 0 Å². The maximum Gasteiger partial charge on any atom is 0.143 e. The van der Waals surface area contributed by atoms with Crippen LogP contribution >= 0.6 is 22.6 Å². The van der Waals surface area contributed by atoms with Gasteiger partial charge in [0, 0.05) is 29.7 Å². The summed E-state index contributed by atoms with van der Waals surface area (Å²) in [4.78, 5) is 4.75. The number of likely N-dealkylation sites (N-methyl/N-ethyl adjacent to an activating group) is 1. The molecule has 0 spiro atoms. The van der Waals surface area contributed by atoms with E-state index >= 15 is 0 Å². The first-order valence-corrected chi connectivity index (χ1v) is 6.55. The lowest BCUT2D eigenvalue weighted by molar-refractivity contribution is 0.311. The van der Waals surface area contributed by atoms with Gasteiger partial charge in [-0.25, -0.2) is 0 Å². The molecule has 0 saturated carbocycles. The van der Waals surface area contributed by atoms with Gasteiger partial charge in [-0.05, 0) is 47.8 Å². The van der Waals surface area contributed by atoms with E-state index in [1.165, 1.54) is 9.26 Å². The fourth-order valence-corrected chi connectivity index (χ4v) is 2.42. The number of nitrogens with zero attached hydrogens (tertiary/aromatic N) is 2. The lowest BCUT2D eigenvalue weighted by Crippen LogP contribution is -2.44. The van der Waals surface area contributed by atoms with E-state index < -0.39 is 0 Å². The van der Waals surface area contributed by atoms with Gasteiger partial charge in [0.1, 0.15) is 5.75 Å². The molecule has 1 heterocycles. The van der Waals surface area contributed by atoms with Crippen molar-refractivity contribution in [1.29, 1.82) is 0 Å². The van der Waals surface area contributed by atoms with Crippen molar-refractivity contribution in [1.82, 2.24) is 4.90 Å². The predicted molar refractivity (Wildman–Crippen MR) is 75.4 cm³/mol. The minimum Gasteiger partial charge on any atom is -0.495 e. The lowest BCUT2D eigenvalue weighted by atomic mass is 10.2. The summed E-state index contributed by atoms with van der Waals surface area (Å²) >= 11 is 2.31. The SMILES string of the molecule is COc1cc(I)ccc1N1CCN(C)CC1. The van der Waals surface area contributed by atoms with Crippen LogP contribution in [-0.2, 0) is 0 Å². The van der Waals surface area contributed by atoms with Crippen LogP contribution in [0.5, 0.6) is 5.75 Å². The molecule has 0 atom stereocenters. The Hall–Kier alpha value is -0.490. The molecule has 4 heteroatoms. The zero-order valence-electron chi connectivity index (χ0n) is 9.74. The van der Waals surface area contributed by atoms with Crippen molar-refractivity contribution >= 4 is 28.3 Å². The molecule has 2 rings (SSSR count). The largest absolute Gasteiger partial charge is 0.495 e. The molecule has 1 aliphatic rings. The van der Waals surface area contributed by atoms with Crippen LogP contribution in [0.25, 0.3) is 0 Å². The Morgan fingerprint density at radius 3 is 2.50 bits per heavy atom. The maximum atomic E-state index is 5.45. The quantitative estimate of drug-likeness (QED) is 0.771. The summed E-state index contributed by atoms with van der Waals surface area (Å²) in [5.74, 6) is 0.983. The van der Waals surface area contributed by atoms with Crippen LogP contribution in [0.4, 0.5) is 5.69 Å². The molecular formula is C12H17IN2O. The Labute approximate surface area is 111 Å². The summed E-state index contributed by atoms with van der Waals surface area (Å²) in [6, 6.07) is 6.39. The second kappa shape index (κ2) is 5.23. The second-order valence-corrected chi connectivity index (χ2v) is 5.35. The average molecular weight is 332 g/mol. The van der Waals surface area contributed by atoms with E-state index in [1.807, 2.05) is 0 Å². The molecule has 1 aromatic rings. The molecule has 0 aromatic heterocycles.